The zero-order chi connectivity index (χ0) is 24.9. The average Bonchev–Trinajstić information content (AvgIpc) is 2.71. The molecule has 0 unspecified atom stereocenters. The van der Waals surface area contributed by atoms with Crippen LogP contribution in [0.1, 0.15) is 41.5 Å². The Labute approximate surface area is 276 Å². The number of ether oxygens (including phenoxy) is 2. The first-order valence-corrected chi connectivity index (χ1v) is 16.2. The Kier molecular flexibility index (Phi) is 13.2. The zero-order valence-corrected chi connectivity index (χ0v) is 30.9. The van der Waals surface area contributed by atoms with Gasteiger partial charge in [0.1, 0.15) is 13.2 Å². The van der Waals surface area contributed by atoms with Gasteiger partial charge in [-0.15, -0.1) is 0 Å². The highest BCUT2D eigenvalue weighted by atomic mass is 127. The molecule has 180 valence electrons. The molecule has 0 radical (unpaired) electrons. The summed E-state index contributed by atoms with van der Waals surface area (Å²) in [6.45, 7) is 7.88. The normalized spacial score (nSPS) is 11.6. The molecule has 0 spiro atoms. The van der Waals surface area contributed by atoms with Gasteiger partial charge < -0.3 is 9.47 Å². The number of carbonyl (C=O) groups excluding carboxylic acids is 2. The number of hydrogen-bond acceptors (Lipinski definition) is 5. The molecule has 0 aliphatic carbocycles. The van der Waals surface area contributed by atoms with Crippen molar-refractivity contribution in [2.45, 2.75) is 26.3 Å². The summed E-state index contributed by atoms with van der Waals surface area (Å²) in [5.41, 5.74) is 1.03. The maximum Gasteiger partial charge on any atom is 0.340 e. The number of hydrogen-bond donors (Lipinski definition) is 0. The third-order valence-electron chi connectivity index (χ3n) is 4.60. The van der Waals surface area contributed by atoms with Crippen molar-refractivity contribution in [1.29, 1.82) is 0 Å². The lowest BCUT2D eigenvalue weighted by molar-refractivity contribution is 0.0263. The number of esters is 2. The Balaban J connectivity index is 1.95. The third kappa shape index (κ3) is 9.20. The molecule has 0 saturated carbocycles. The molecular weight excluding hydrogens is 1100 g/mol. The largest absolute Gasteiger partial charge is 0.461 e. The SMILES string of the molecule is CC(C)(C)N(CCOC(=O)c1cc(I)cc(I)c1I)CCOC(=O)c1c(I)ccc(I)c1I. The van der Waals surface area contributed by atoms with Crippen LogP contribution in [-0.4, -0.2) is 48.7 Å². The van der Waals surface area contributed by atoms with E-state index in [1.807, 2.05) is 24.3 Å². The van der Waals surface area contributed by atoms with Crippen LogP contribution in [0.5, 0.6) is 0 Å². The molecule has 33 heavy (non-hydrogen) atoms. The van der Waals surface area contributed by atoms with Gasteiger partial charge in [0, 0.05) is 40.0 Å². The van der Waals surface area contributed by atoms with Crippen molar-refractivity contribution in [2.24, 2.45) is 0 Å². The molecule has 0 fully saturated rings. The summed E-state index contributed by atoms with van der Waals surface area (Å²) in [6, 6.07) is 7.79. The van der Waals surface area contributed by atoms with Gasteiger partial charge >= 0.3 is 11.9 Å². The van der Waals surface area contributed by atoms with Gasteiger partial charge in [-0.25, -0.2) is 9.59 Å². The van der Waals surface area contributed by atoms with Gasteiger partial charge in [-0.05, 0) is 181 Å². The molecule has 0 amide bonds. The second-order valence-electron chi connectivity index (χ2n) is 7.90. The summed E-state index contributed by atoms with van der Waals surface area (Å²) in [7, 11) is 0. The summed E-state index contributed by atoms with van der Waals surface area (Å²) < 4.78 is 16.9. The summed E-state index contributed by atoms with van der Waals surface area (Å²) in [4.78, 5) is 27.5. The van der Waals surface area contributed by atoms with E-state index in [2.05, 4.69) is 161 Å². The predicted molar refractivity (Wildman–Crippen MR) is 181 cm³/mol. The highest BCUT2D eigenvalue weighted by molar-refractivity contribution is 14.1. The van der Waals surface area contributed by atoms with Crippen molar-refractivity contribution in [3.63, 3.8) is 0 Å². The van der Waals surface area contributed by atoms with E-state index >= 15 is 0 Å². The van der Waals surface area contributed by atoms with Gasteiger partial charge in [-0.3, -0.25) is 4.90 Å². The Morgan fingerprint density at radius 2 is 1.33 bits per heavy atom. The van der Waals surface area contributed by atoms with Crippen LogP contribution in [0.25, 0.3) is 0 Å². The van der Waals surface area contributed by atoms with Crippen LogP contribution in [0.15, 0.2) is 24.3 Å². The molecule has 0 atom stereocenters. The van der Waals surface area contributed by atoms with Crippen molar-refractivity contribution in [3.8, 4) is 0 Å². The van der Waals surface area contributed by atoms with Crippen LogP contribution in [0, 0.1) is 21.4 Å². The fourth-order valence-corrected chi connectivity index (χ4v) is 7.55. The fraction of sp³-hybridized carbons (Fsp3) is 0.364. The van der Waals surface area contributed by atoms with E-state index in [0.29, 0.717) is 24.2 Å². The minimum absolute atomic E-state index is 0.171. The van der Waals surface area contributed by atoms with Gasteiger partial charge in [-0.2, -0.15) is 0 Å². The Hall–Kier alpha value is 1.72. The van der Waals surface area contributed by atoms with E-state index in [9.17, 15) is 9.59 Å². The van der Waals surface area contributed by atoms with Crippen LogP contribution in [-0.2, 0) is 9.47 Å². The topological polar surface area (TPSA) is 55.8 Å². The highest BCUT2D eigenvalue weighted by Gasteiger charge is 2.24. The molecule has 2 aromatic rings. The second kappa shape index (κ2) is 14.0. The average molecular weight is 1120 g/mol. The lowest BCUT2D eigenvalue weighted by atomic mass is 10.1. The van der Waals surface area contributed by atoms with Crippen molar-refractivity contribution in [1.82, 2.24) is 4.90 Å². The molecule has 0 bridgehead atoms. The maximum absolute atomic E-state index is 12.7. The molecule has 0 aromatic heterocycles. The molecule has 0 saturated heterocycles. The first-order valence-electron chi connectivity index (χ1n) is 9.70. The monoisotopic (exact) mass is 1120 g/mol. The van der Waals surface area contributed by atoms with Crippen LogP contribution in [0.3, 0.4) is 0 Å². The Morgan fingerprint density at radius 1 is 0.788 bits per heavy atom. The molecule has 2 rings (SSSR count). The van der Waals surface area contributed by atoms with Crippen molar-refractivity contribution >= 4 is 147 Å². The standard InChI is InChI=1S/C22H21I6NO4/c1-22(2,3)29(6-8-32-20(30)13-10-12(23)11-16(26)18(13)27)7-9-33-21(31)17-14(24)4-5-15(25)19(17)28/h4-5,10-11H,6-9H2,1-3H3. The minimum atomic E-state index is -0.320. The Morgan fingerprint density at radius 3 is 1.91 bits per heavy atom. The number of halogens is 6. The molecule has 0 heterocycles. The summed E-state index contributed by atoms with van der Waals surface area (Å²) in [5, 5.41) is 0. The summed E-state index contributed by atoms with van der Waals surface area (Å²) >= 11 is 13.2. The van der Waals surface area contributed by atoms with Crippen molar-refractivity contribution in [3.05, 3.63) is 56.8 Å². The van der Waals surface area contributed by atoms with Crippen LogP contribution in [0.4, 0.5) is 0 Å². The maximum atomic E-state index is 12.7. The molecule has 5 nitrogen and oxygen atoms in total. The lowest BCUT2D eigenvalue weighted by Gasteiger charge is -2.35. The number of rotatable bonds is 8. The molecule has 11 heteroatoms. The van der Waals surface area contributed by atoms with Gasteiger partial charge in [0.05, 0.1) is 11.1 Å². The molecule has 0 aliphatic rings. The predicted octanol–water partition coefficient (Wildman–Crippen LogP) is 7.43. The second-order valence-corrected chi connectivity index (χ2v) is 14.8. The van der Waals surface area contributed by atoms with Crippen LogP contribution >= 0.6 is 136 Å². The number of nitrogens with zero attached hydrogens (tertiary/aromatic N) is 1. The summed E-state index contributed by atoms with van der Waals surface area (Å²) in [5.74, 6) is -0.635. The van der Waals surface area contributed by atoms with E-state index in [0.717, 1.165) is 21.4 Å². The third-order valence-corrected chi connectivity index (χ3v) is 12.2. The zero-order valence-electron chi connectivity index (χ0n) is 18.0. The van der Waals surface area contributed by atoms with E-state index in [4.69, 9.17) is 9.47 Å². The van der Waals surface area contributed by atoms with Crippen molar-refractivity contribution < 1.29 is 19.1 Å². The summed E-state index contributed by atoms with van der Waals surface area (Å²) in [6.07, 6.45) is 0. The van der Waals surface area contributed by atoms with E-state index in [-0.39, 0.29) is 30.7 Å². The van der Waals surface area contributed by atoms with E-state index < -0.39 is 0 Å². The molecule has 0 N–H and O–H groups in total. The highest BCUT2D eigenvalue weighted by Crippen LogP contribution is 2.26. The van der Waals surface area contributed by atoms with Crippen LogP contribution in [0.2, 0.25) is 0 Å². The van der Waals surface area contributed by atoms with E-state index in [1.54, 1.807) is 0 Å². The smallest absolute Gasteiger partial charge is 0.340 e. The molecule has 2 aromatic carbocycles. The molecule has 0 aliphatic heterocycles. The van der Waals surface area contributed by atoms with Crippen LogP contribution < -0.4 is 0 Å². The fourth-order valence-electron chi connectivity index (χ4n) is 2.85. The van der Waals surface area contributed by atoms with Gasteiger partial charge in [0.2, 0.25) is 0 Å². The minimum Gasteiger partial charge on any atom is -0.461 e. The first kappa shape index (κ1) is 30.9. The van der Waals surface area contributed by atoms with Gasteiger partial charge in [0.15, 0.2) is 0 Å². The molecular formula is C22H21I6NO4. The first-order chi connectivity index (χ1) is 15.3. The quantitative estimate of drug-likeness (QED) is 0.157. The number of carbonyl (C=O) groups is 2. The lowest BCUT2D eigenvalue weighted by Crippen LogP contribution is -2.45. The van der Waals surface area contributed by atoms with Crippen molar-refractivity contribution in [2.75, 3.05) is 26.3 Å². The van der Waals surface area contributed by atoms with Gasteiger partial charge in [0.25, 0.3) is 0 Å². The van der Waals surface area contributed by atoms with Gasteiger partial charge in [-0.1, -0.05) is 0 Å². The Bertz CT molecular complexity index is 1040. The van der Waals surface area contributed by atoms with E-state index in [1.165, 1.54) is 0 Å². The number of benzene rings is 2.